The Kier molecular flexibility index (Phi) is 4.45. The molecule has 1 amide bonds. The van der Waals surface area contributed by atoms with E-state index in [9.17, 15) is 9.18 Å². The molecule has 0 saturated carbocycles. The summed E-state index contributed by atoms with van der Waals surface area (Å²) in [5.74, 6) is -0.495. The number of halogens is 1. The van der Waals surface area contributed by atoms with Crippen LogP contribution in [-0.4, -0.2) is 15.9 Å². The number of para-hydroxylation sites is 1. The lowest BCUT2D eigenvalue weighted by Crippen LogP contribution is -2.13. The van der Waals surface area contributed by atoms with Crippen LogP contribution in [0.2, 0.25) is 0 Å². The third kappa shape index (κ3) is 3.74. The first kappa shape index (κ1) is 16.7. The number of nitrogens with one attached hydrogen (secondary N) is 2. The molecule has 5 nitrogen and oxygen atoms in total. The number of anilines is 3. The number of benzene rings is 2. The summed E-state index contributed by atoms with van der Waals surface area (Å²) in [6, 6.07) is 18.8. The second kappa shape index (κ2) is 7.21. The van der Waals surface area contributed by atoms with Crippen LogP contribution in [0.25, 0.3) is 10.9 Å². The lowest BCUT2D eigenvalue weighted by Gasteiger charge is -2.10. The maximum atomic E-state index is 13.2. The summed E-state index contributed by atoms with van der Waals surface area (Å²) in [7, 11) is 0. The molecular formula is C21H15FN4O. The molecule has 0 atom stereocenters. The van der Waals surface area contributed by atoms with Crippen LogP contribution >= 0.6 is 0 Å². The van der Waals surface area contributed by atoms with Crippen LogP contribution < -0.4 is 10.6 Å². The van der Waals surface area contributed by atoms with Gasteiger partial charge in [0.25, 0.3) is 5.91 Å². The highest BCUT2D eigenvalue weighted by Gasteiger charge is 2.08. The Hall–Kier alpha value is -3.80. The number of hydrogen-bond donors (Lipinski definition) is 2. The molecule has 0 aliphatic carbocycles. The van der Waals surface area contributed by atoms with Crippen molar-refractivity contribution in [3.05, 3.63) is 90.5 Å². The maximum Gasteiger partial charge on any atom is 0.256 e. The minimum atomic E-state index is -0.459. The number of nitrogens with zero attached hydrogens (tertiary/aromatic N) is 2. The minimum Gasteiger partial charge on any atom is -0.352 e. The first-order chi connectivity index (χ1) is 13.2. The van der Waals surface area contributed by atoms with Gasteiger partial charge in [-0.15, -0.1) is 0 Å². The third-order valence-corrected chi connectivity index (χ3v) is 4.00. The molecule has 2 heterocycles. The Morgan fingerprint density at radius 3 is 2.59 bits per heavy atom. The van der Waals surface area contributed by atoms with Gasteiger partial charge in [0.1, 0.15) is 11.6 Å². The lowest BCUT2D eigenvalue weighted by molar-refractivity contribution is 0.102. The number of fused-ring (bicyclic) bond motifs is 1. The quantitative estimate of drug-likeness (QED) is 0.552. The van der Waals surface area contributed by atoms with Crippen molar-refractivity contribution in [3.8, 4) is 0 Å². The highest BCUT2D eigenvalue weighted by atomic mass is 19.1. The highest BCUT2D eigenvalue weighted by molar-refractivity contribution is 6.03. The number of amides is 1. The molecule has 2 aromatic heterocycles. The predicted octanol–water partition coefficient (Wildman–Crippen LogP) is 4.76. The van der Waals surface area contributed by atoms with Crippen molar-refractivity contribution in [1.82, 2.24) is 9.97 Å². The van der Waals surface area contributed by atoms with Crippen molar-refractivity contribution in [2.24, 2.45) is 0 Å². The molecule has 0 unspecified atom stereocenters. The lowest BCUT2D eigenvalue weighted by atomic mass is 10.2. The molecule has 6 heteroatoms. The van der Waals surface area contributed by atoms with Gasteiger partial charge >= 0.3 is 0 Å². The topological polar surface area (TPSA) is 66.9 Å². The van der Waals surface area contributed by atoms with E-state index in [2.05, 4.69) is 20.6 Å². The highest BCUT2D eigenvalue weighted by Crippen LogP contribution is 2.24. The maximum absolute atomic E-state index is 13.2. The zero-order chi connectivity index (χ0) is 18.6. The zero-order valence-corrected chi connectivity index (χ0v) is 14.2. The van der Waals surface area contributed by atoms with Crippen molar-refractivity contribution in [3.63, 3.8) is 0 Å². The number of aromatic nitrogens is 2. The van der Waals surface area contributed by atoms with Crippen LogP contribution in [-0.2, 0) is 0 Å². The summed E-state index contributed by atoms with van der Waals surface area (Å²) in [5.41, 5.74) is 2.73. The fourth-order valence-electron chi connectivity index (χ4n) is 2.72. The van der Waals surface area contributed by atoms with E-state index in [0.717, 1.165) is 22.3 Å². The smallest absolute Gasteiger partial charge is 0.256 e. The summed E-state index contributed by atoms with van der Waals surface area (Å²) >= 11 is 0. The minimum absolute atomic E-state index is 0.237. The second-order valence-corrected chi connectivity index (χ2v) is 5.90. The molecule has 27 heavy (non-hydrogen) atoms. The summed E-state index contributed by atoms with van der Waals surface area (Å²) < 4.78 is 13.2. The van der Waals surface area contributed by atoms with E-state index < -0.39 is 11.7 Å². The Labute approximate surface area is 154 Å². The van der Waals surface area contributed by atoms with E-state index in [1.54, 1.807) is 30.6 Å². The number of carbonyl (C=O) groups is 1. The molecule has 2 aromatic carbocycles. The summed E-state index contributed by atoms with van der Waals surface area (Å²) in [4.78, 5) is 20.8. The van der Waals surface area contributed by atoms with Crippen LogP contribution in [0.15, 0.2) is 79.1 Å². The molecule has 4 rings (SSSR count). The van der Waals surface area contributed by atoms with Gasteiger partial charge in [0, 0.05) is 17.1 Å². The van der Waals surface area contributed by atoms with Crippen LogP contribution in [0.3, 0.4) is 0 Å². The van der Waals surface area contributed by atoms with Crippen molar-refractivity contribution >= 4 is 34.0 Å². The van der Waals surface area contributed by atoms with Crippen LogP contribution in [0.4, 0.5) is 21.6 Å². The number of pyridine rings is 2. The molecule has 2 N–H and O–H groups in total. The van der Waals surface area contributed by atoms with Crippen molar-refractivity contribution in [1.29, 1.82) is 0 Å². The van der Waals surface area contributed by atoms with E-state index in [-0.39, 0.29) is 5.56 Å². The summed E-state index contributed by atoms with van der Waals surface area (Å²) in [6.45, 7) is 0. The van der Waals surface area contributed by atoms with Crippen molar-refractivity contribution in [2.45, 2.75) is 0 Å². The number of hydrogen-bond acceptors (Lipinski definition) is 4. The average molecular weight is 358 g/mol. The zero-order valence-electron chi connectivity index (χ0n) is 14.2. The molecular weight excluding hydrogens is 343 g/mol. The van der Waals surface area contributed by atoms with Gasteiger partial charge in [-0.1, -0.05) is 24.3 Å². The Morgan fingerprint density at radius 1 is 0.926 bits per heavy atom. The van der Waals surface area contributed by atoms with Crippen LogP contribution in [0, 0.1) is 5.82 Å². The molecule has 132 valence electrons. The Balaban J connectivity index is 1.50. The van der Waals surface area contributed by atoms with E-state index in [4.69, 9.17) is 0 Å². The van der Waals surface area contributed by atoms with Gasteiger partial charge in [-0.05, 0) is 42.5 Å². The largest absolute Gasteiger partial charge is 0.352 e. The van der Waals surface area contributed by atoms with Gasteiger partial charge in [0.05, 0.1) is 23.1 Å². The van der Waals surface area contributed by atoms with Gasteiger partial charge in [0.15, 0.2) is 0 Å². The number of rotatable bonds is 4. The molecule has 0 radical (unpaired) electrons. The average Bonchev–Trinajstić information content (AvgIpc) is 2.70. The van der Waals surface area contributed by atoms with Gasteiger partial charge in [-0.2, -0.15) is 0 Å². The van der Waals surface area contributed by atoms with E-state index in [0.29, 0.717) is 5.82 Å². The molecule has 4 aromatic rings. The molecule has 0 bridgehead atoms. The van der Waals surface area contributed by atoms with Crippen LogP contribution in [0.1, 0.15) is 10.4 Å². The van der Waals surface area contributed by atoms with Gasteiger partial charge in [-0.25, -0.2) is 9.37 Å². The van der Waals surface area contributed by atoms with E-state index in [1.165, 1.54) is 18.2 Å². The molecule has 0 saturated heterocycles. The third-order valence-electron chi connectivity index (χ3n) is 4.00. The van der Waals surface area contributed by atoms with Gasteiger partial charge < -0.3 is 10.6 Å². The standard InChI is InChI=1S/C21H15FN4O/c22-16-7-1-5-15(12-16)21(27)26-19-10-9-17(13-24-19)25-18-8-2-4-14-6-3-11-23-20(14)18/h1-13,25H,(H,24,26,27). The number of carbonyl (C=O) groups excluding carboxylic acids is 1. The predicted molar refractivity (Wildman–Crippen MR) is 104 cm³/mol. The SMILES string of the molecule is O=C(Nc1ccc(Nc2cccc3cccnc23)cn1)c1cccc(F)c1. The first-order valence-electron chi connectivity index (χ1n) is 8.33. The normalized spacial score (nSPS) is 10.6. The molecule has 0 spiro atoms. The van der Waals surface area contributed by atoms with Crippen molar-refractivity contribution < 1.29 is 9.18 Å². The molecule has 0 fully saturated rings. The first-order valence-corrected chi connectivity index (χ1v) is 8.33. The molecule has 0 aliphatic rings. The summed E-state index contributed by atoms with van der Waals surface area (Å²) in [6.07, 6.45) is 3.36. The fourth-order valence-corrected chi connectivity index (χ4v) is 2.72. The molecule has 0 aliphatic heterocycles. The second-order valence-electron chi connectivity index (χ2n) is 5.90. The Morgan fingerprint density at radius 2 is 1.78 bits per heavy atom. The fraction of sp³-hybridized carbons (Fsp3) is 0. The van der Waals surface area contributed by atoms with E-state index >= 15 is 0 Å². The van der Waals surface area contributed by atoms with Crippen LogP contribution in [0.5, 0.6) is 0 Å². The van der Waals surface area contributed by atoms with Gasteiger partial charge in [0.2, 0.25) is 0 Å². The Bertz CT molecular complexity index is 1110. The van der Waals surface area contributed by atoms with Gasteiger partial charge in [-0.3, -0.25) is 9.78 Å². The monoisotopic (exact) mass is 358 g/mol. The van der Waals surface area contributed by atoms with Crippen molar-refractivity contribution in [2.75, 3.05) is 10.6 Å². The summed E-state index contributed by atoms with van der Waals surface area (Å²) in [5, 5.41) is 6.97. The van der Waals surface area contributed by atoms with E-state index in [1.807, 2.05) is 30.3 Å².